The first-order chi connectivity index (χ1) is 10.3. The Hall–Kier alpha value is -2.48. The quantitative estimate of drug-likeness (QED) is 0.848. The normalized spacial score (nSPS) is 14.1. The minimum Gasteiger partial charge on any atom is -0.398 e. The third-order valence-corrected chi connectivity index (χ3v) is 3.82. The van der Waals surface area contributed by atoms with Crippen LogP contribution >= 0.6 is 0 Å². The fourth-order valence-corrected chi connectivity index (χ4v) is 2.60. The zero-order valence-corrected chi connectivity index (χ0v) is 12.0. The predicted octanol–water partition coefficient (Wildman–Crippen LogP) is 4.51. The van der Waals surface area contributed by atoms with Crippen molar-refractivity contribution in [2.75, 3.05) is 5.73 Å². The average molecular weight is 304 g/mol. The number of nitrogen functional groups attached to an aromatic ring is 1. The summed E-state index contributed by atoms with van der Waals surface area (Å²) in [5.41, 5.74) is 5.19. The summed E-state index contributed by atoms with van der Waals surface area (Å²) in [6.45, 7) is 1.76. The van der Waals surface area contributed by atoms with Crippen LogP contribution in [0.2, 0.25) is 0 Å². The van der Waals surface area contributed by atoms with E-state index in [2.05, 4.69) is 6.07 Å². The summed E-state index contributed by atoms with van der Waals surface area (Å²) >= 11 is 0. The first kappa shape index (κ1) is 15.9. The van der Waals surface area contributed by atoms with Crippen LogP contribution in [0.1, 0.15) is 30.0 Å². The number of nitriles is 1. The van der Waals surface area contributed by atoms with E-state index in [1.54, 1.807) is 31.2 Å². The van der Waals surface area contributed by atoms with E-state index in [-0.39, 0.29) is 0 Å². The molecule has 0 aromatic heterocycles. The third-order valence-electron chi connectivity index (χ3n) is 3.82. The number of hydrogen-bond donors (Lipinski definition) is 1. The van der Waals surface area contributed by atoms with E-state index in [4.69, 9.17) is 5.73 Å². The van der Waals surface area contributed by atoms with Gasteiger partial charge in [0.1, 0.15) is 5.41 Å². The van der Waals surface area contributed by atoms with Gasteiger partial charge in [-0.2, -0.15) is 18.4 Å². The van der Waals surface area contributed by atoms with Crippen molar-refractivity contribution in [3.63, 3.8) is 0 Å². The number of anilines is 1. The maximum Gasteiger partial charge on any atom is 0.416 e. The largest absolute Gasteiger partial charge is 0.416 e. The van der Waals surface area contributed by atoms with Crippen molar-refractivity contribution < 1.29 is 13.2 Å². The summed E-state index contributed by atoms with van der Waals surface area (Å²) in [5.74, 6) is 0. The van der Waals surface area contributed by atoms with Crippen LogP contribution in [0.5, 0.6) is 0 Å². The number of benzene rings is 2. The molecule has 2 aromatic rings. The predicted molar refractivity (Wildman–Crippen MR) is 79.0 cm³/mol. The second kappa shape index (κ2) is 5.72. The van der Waals surface area contributed by atoms with Gasteiger partial charge in [-0.3, -0.25) is 0 Å². The standard InChI is InChI=1S/C17H15F3N2/c1-2-16(11-21,14-8-3-4-9-15(14)22)12-6-5-7-13(10-12)17(18,19)20/h3-10H,2,22H2,1H3/t16-/m0/s1. The van der Waals surface area contributed by atoms with E-state index >= 15 is 0 Å². The molecule has 22 heavy (non-hydrogen) atoms. The Balaban J connectivity index is 2.69. The highest BCUT2D eigenvalue weighted by Gasteiger charge is 2.37. The summed E-state index contributed by atoms with van der Waals surface area (Å²) in [5, 5.41) is 9.71. The Kier molecular flexibility index (Phi) is 4.14. The number of alkyl halides is 3. The molecule has 5 heteroatoms. The van der Waals surface area contributed by atoms with Crippen LogP contribution in [-0.2, 0) is 11.6 Å². The van der Waals surface area contributed by atoms with Gasteiger partial charge in [-0.05, 0) is 35.7 Å². The fourth-order valence-electron chi connectivity index (χ4n) is 2.60. The van der Waals surface area contributed by atoms with Crippen LogP contribution < -0.4 is 5.73 Å². The van der Waals surface area contributed by atoms with Crippen molar-refractivity contribution in [1.82, 2.24) is 0 Å². The number of nitrogens with zero attached hydrogens (tertiary/aromatic N) is 1. The van der Waals surface area contributed by atoms with Crippen molar-refractivity contribution in [2.45, 2.75) is 24.9 Å². The van der Waals surface area contributed by atoms with Gasteiger partial charge in [0.2, 0.25) is 0 Å². The zero-order chi connectivity index (χ0) is 16.4. The fraction of sp³-hybridized carbons (Fsp3) is 0.235. The lowest BCUT2D eigenvalue weighted by Crippen LogP contribution is -2.26. The Morgan fingerprint density at radius 1 is 1.05 bits per heavy atom. The van der Waals surface area contributed by atoms with Crippen molar-refractivity contribution in [3.05, 3.63) is 65.2 Å². The molecule has 0 fully saturated rings. The van der Waals surface area contributed by atoms with Crippen molar-refractivity contribution in [1.29, 1.82) is 5.26 Å². The van der Waals surface area contributed by atoms with Crippen LogP contribution in [0.25, 0.3) is 0 Å². The first-order valence-electron chi connectivity index (χ1n) is 6.79. The lowest BCUT2D eigenvalue weighted by Gasteiger charge is -2.28. The molecule has 0 spiro atoms. The van der Waals surface area contributed by atoms with Crippen LogP contribution in [0, 0.1) is 11.3 Å². The summed E-state index contributed by atoms with van der Waals surface area (Å²) in [7, 11) is 0. The Bertz CT molecular complexity index is 716. The average Bonchev–Trinajstić information content (AvgIpc) is 2.50. The first-order valence-corrected chi connectivity index (χ1v) is 6.79. The topological polar surface area (TPSA) is 49.8 Å². The maximum atomic E-state index is 12.9. The molecule has 0 saturated heterocycles. The zero-order valence-electron chi connectivity index (χ0n) is 12.0. The molecule has 0 heterocycles. The van der Waals surface area contributed by atoms with Gasteiger partial charge >= 0.3 is 6.18 Å². The van der Waals surface area contributed by atoms with Gasteiger partial charge in [0.25, 0.3) is 0 Å². The summed E-state index contributed by atoms with van der Waals surface area (Å²) in [6.07, 6.45) is -4.13. The molecule has 0 saturated carbocycles. The van der Waals surface area contributed by atoms with E-state index < -0.39 is 17.2 Å². The second-order valence-electron chi connectivity index (χ2n) is 5.04. The highest BCUT2D eigenvalue weighted by Crippen LogP contribution is 2.40. The molecule has 0 bridgehead atoms. The van der Waals surface area contributed by atoms with Crippen LogP contribution in [0.15, 0.2) is 48.5 Å². The van der Waals surface area contributed by atoms with E-state index in [0.717, 1.165) is 12.1 Å². The van der Waals surface area contributed by atoms with Crippen molar-refractivity contribution >= 4 is 5.69 Å². The third kappa shape index (κ3) is 2.64. The minimum absolute atomic E-state index is 0.297. The Morgan fingerprint density at radius 3 is 2.23 bits per heavy atom. The molecule has 2 nitrogen and oxygen atoms in total. The molecule has 0 aliphatic rings. The lowest BCUT2D eigenvalue weighted by molar-refractivity contribution is -0.137. The van der Waals surface area contributed by atoms with E-state index in [1.165, 1.54) is 12.1 Å². The Morgan fingerprint density at radius 2 is 1.68 bits per heavy atom. The lowest BCUT2D eigenvalue weighted by atomic mass is 9.72. The van der Waals surface area contributed by atoms with Crippen LogP contribution in [-0.4, -0.2) is 0 Å². The highest BCUT2D eigenvalue weighted by atomic mass is 19.4. The maximum absolute atomic E-state index is 12.9. The monoisotopic (exact) mass is 304 g/mol. The van der Waals surface area contributed by atoms with E-state index in [1.807, 2.05) is 0 Å². The van der Waals surface area contributed by atoms with Gasteiger partial charge < -0.3 is 5.73 Å². The molecule has 2 rings (SSSR count). The molecular formula is C17H15F3N2. The number of halogens is 3. The summed E-state index contributed by atoms with van der Waals surface area (Å²) in [6, 6.07) is 13.8. The molecule has 1 atom stereocenters. The highest BCUT2D eigenvalue weighted by molar-refractivity contribution is 5.58. The van der Waals surface area contributed by atoms with Crippen LogP contribution in [0.3, 0.4) is 0 Å². The summed E-state index contributed by atoms with van der Waals surface area (Å²) in [4.78, 5) is 0. The number of nitrogens with two attached hydrogens (primary N) is 1. The number of hydrogen-bond acceptors (Lipinski definition) is 2. The van der Waals surface area contributed by atoms with Gasteiger partial charge in [0.15, 0.2) is 0 Å². The number of rotatable bonds is 3. The van der Waals surface area contributed by atoms with Gasteiger partial charge in [-0.15, -0.1) is 0 Å². The summed E-state index contributed by atoms with van der Waals surface area (Å²) < 4.78 is 38.8. The van der Waals surface area contributed by atoms with E-state index in [0.29, 0.717) is 23.2 Å². The molecule has 0 aliphatic heterocycles. The molecule has 114 valence electrons. The van der Waals surface area contributed by atoms with Crippen molar-refractivity contribution in [2.24, 2.45) is 0 Å². The molecule has 0 amide bonds. The van der Waals surface area contributed by atoms with Gasteiger partial charge in [-0.1, -0.05) is 37.3 Å². The molecule has 0 aliphatic carbocycles. The van der Waals surface area contributed by atoms with Gasteiger partial charge in [-0.25, -0.2) is 0 Å². The van der Waals surface area contributed by atoms with E-state index in [9.17, 15) is 18.4 Å². The second-order valence-corrected chi connectivity index (χ2v) is 5.04. The molecular weight excluding hydrogens is 289 g/mol. The van der Waals surface area contributed by atoms with Gasteiger partial charge in [0, 0.05) is 5.69 Å². The van der Waals surface area contributed by atoms with Crippen LogP contribution in [0.4, 0.5) is 18.9 Å². The molecule has 2 N–H and O–H groups in total. The number of para-hydroxylation sites is 1. The minimum atomic E-state index is -4.45. The SMILES string of the molecule is CC[C@](C#N)(c1cccc(C(F)(F)F)c1)c1ccccc1N. The smallest absolute Gasteiger partial charge is 0.398 e. The van der Waals surface area contributed by atoms with Gasteiger partial charge in [0.05, 0.1) is 11.6 Å². The molecule has 0 unspecified atom stereocenters. The molecule has 2 aromatic carbocycles. The Labute approximate surface area is 127 Å². The molecule has 0 radical (unpaired) electrons. The van der Waals surface area contributed by atoms with Crippen molar-refractivity contribution in [3.8, 4) is 6.07 Å².